The second kappa shape index (κ2) is 12.3. The number of benzene rings is 2. The van der Waals surface area contributed by atoms with E-state index in [1.54, 1.807) is 28.4 Å². The summed E-state index contributed by atoms with van der Waals surface area (Å²) in [6.07, 6.45) is 0. The second-order valence-electron chi connectivity index (χ2n) is 7.24. The van der Waals surface area contributed by atoms with Gasteiger partial charge in [0.05, 0.1) is 32.7 Å². The molecular weight excluding hydrogens is 533 g/mol. The molecule has 0 unspecified atom stereocenters. The largest absolute Gasteiger partial charge is 0.493 e. The molecule has 0 saturated heterocycles. The van der Waals surface area contributed by atoms with Crippen LogP contribution in [0.15, 0.2) is 47.5 Å². The van der Waals surface area contributed by atoms with Crippen LogP contribution in [0.3, 0.4) is 0 Å². The van der Waals surface area contributed by atoms with E-state index in [9.17, 15) is 0 Å². The summed E-state index contributed by atoms with van der Waals surface area (Å²) in [5.41, 5.74) is 5.17. The van der Waals surface area contributed by atoms with E-state index in [0.29, 0.717) is 36.3 Å². The van der Waals surface area contributed by atoms with E-state index in [1.165, 1.54) is 0 Å². The van der Waals surface area contributed by atoms with Crippen LogP contribution in [0.5, 0.6) is 17.2 Å². The number of aryl methyl sites for hydroxylation is 2. The molecule has 3 aromatic rings. The molecule has 2 N–H and O–H groups in total. The lowest BCUT2D eigenvalue weighted by Gasteiger charge is -2.18. The molecule has 0 spiro atoms. The van der Waals surface area contributed by atoms with Gasteiger partial charge in [-0.2, -0.15) is 5.10 Å². The fourth-order valence-corrected chi connectivity index (χ4v) is 3.62. The Labute approximate surface area is 212 Å². The lowest BCUT2D eigenvalue weighted by atomic mass is 10.1. The first-order chi connectivity index (χ1) is 15.5. The summed E-state index contributed by atoms with van der Waals surface area (Å²) < 4.78 is 18.4. The number of para-hydroxylation sites is 1. The van der Waals surface area contributed by atoms with Crippen molar-refractivity contribution >= 4 is 29.9 Å². The molecule has 0 aliphatic carbocycles. The number of rotatable bonds is 8. The van der Waals surface area contributed by atoms with E-state index in [0.717, 1.165) is 28.2 Å². The second-order valence-corrected chi connectivity index (χ2v) is 7.24. The number of aliphatic imine (C=N–C) groups is 1. The smallest absolute Gasteiger partial charge is 0.203 e. The van der Waals surface area contributed by atoms with E-state index in [4.69, 9.17) is 14.2 Å². The number of hydrogen-bond acceptors (Lipinski definition) is 5. The van der Waals surface area contributed by atoms with Crippen LogP contribution in [-0.4, -0.2) is 44.1 Å². The SMILES string of the molecule is CN=C(NCc1ccccc1-n1nc(C)cc1C)NCc1ccc(OC)c(OC)c1OC.I. The van der Waals surface area contributed by atoms with E-state index in [-0.39, 0.29) is 24.0 Å². The summed E-state index contributed by atoms with van der Waals surface area (Å²) >= 11 is 0. The topological polar surface area (TPSA) is 81.9 Å². The average Bonchev–Trinajstić information content (AvgIpc) is 3.16. The van der Waals surface area contributed by atoms with Crippen molar-refractivity contribution in [2.75, 3.05) is 28.4 Å². The maximum Gasteiger partial charge on any atom is 0.203 e. The summed E-state index contributed by atoms with van der Waals surface area (Å²) in [6.45, 7) is 5.15. The molecule has 1 heterocycles. The van der Waals surface area contributed by atoms with Crippen molar-refractivity contribution in [3.05, 3.63) is 65.0 Å². The maximum absolute atomic E-state index is 5.57. The van der Waals surface area contributed by atoms with Crippen LogP contribution in [-0.2, 0) is 13.1 Å². The molecule has 1 aromatic heterocycles. The average molecular weight is 565 g/mol. The molecule has 178 valence electrons. The number of guanidine groups is 1. The molecule has 0 bridgehead atoms. The van der Waals surface area contributed by atoms with E-state index >= 15 is 0 Å². The van der Waals surface area contributed by atoms with Gasteiger partial charge < -0.3 is 24.8 Å². The minimum Gasteiger partial charge on any atom is -0.493 e. The van der Waals surface area contributed by atoms with Gasteiger partial charge in [-0.05, 0) is 43.7 Å². The van der Waals surface area contributed by atoms with Crippen molar-refractivity contribution in [3.63, 3.8) is 0 Å². The molecular formula is C24H32IN5O3. The molecule has 0 fully saturated rings. The summed E-state index contributed by atoms with van der Waals surface area (Å²) in [4.78, 5) is 4.35. The summed E-state index contributed by atoms with van der Waals surface area (Å²) in [7, 11) is 6.56. The Morgan fingerprint density at radius 3 is 2.15 bits per heavy atom. The first-order valence-corrected chi connectivity index (χ1v) is 10.4. The molecule has 0 amide bonds. The molecule has 8 nitrogen and oxygen atoms in total. The highest BCUT2D eigenvalue weighted by Crippen LogP contribution is 2.39. The van der Waals surface area contributed by atoms with Gasteiger partial charge in [-0.3, -0.25) is 4.99 Å². The van der Waals surface area contributed by atoms with Gasteiger partial charge in [0.2, 0.25) is 5.75 Å². The van der Waals surface area contributed by atoms with Crippen LogP contribution in [0, 0.1) is 13.8 Å². The normalized spacial score (nSPS) is 10.9. The van der Waals surface area contributed by atoms with Gasteiger partial charge in [0.25, 0.3) is 0 Å². The standard InChI is InChI=1S/C24H31N5O3.HI/c1-16-13-17(2)29(28-16)20-10-8-7-9-18(20)14-26-24(25-3)27-15-19-11-12-21(30-4)23(32-6)22(19)31-5;/h7-13H,14-15H2,1-6H3,(H2,25,26,27);1H. The molecule has 0 atom stereocenters. The highest BCUT2D eigenvalue weighted by molar-refractivity contribution is 14.0. The third kappa shape index (κ3) is 6.10. The molecule has 0 saturated carbocycles. The number of nitrogens with one attached hydrogen (secondary N) is 2. The fraction of sp³-hybridized carbons (Fsp3) is 0.333. The number of ether oxygens (including phenoxy) is 3. The molecule has 33 heavy (non-hydrogen) atoms. The van der Waals surface area contributed by atoms with Crippen molar-refractivity contribution in [1.82, 2.24) is 20.4 Å². The van der Waals surface area contributed by atoms with Gasteiger partial charge in [0.15, 0.2) is 17.5 Å². The number of nitrogens with zero attached hydrogens (tertiary/aromatic N) is 3. The molecule has 2 aromatic carbocycles. The zero-order valence-electron chi connectivity index (χ0n) is 19.9. The Kier molecular flexibility index (Phi) is 9.83. The summed E-state index contributed by atoms with van der Waals surface area (Å²) in [5, 5.41) is 11.3. The summed E-state index contributed by atoms with van der Waals surface area (Å²) in [5.74, 6) is 2.49. The number of halogens is 1. The van der Waals surface area contributed by atoms with Gasteiger partial charge in [0, 0.05) is 31.4 Å². The van der Waals surface area contributed by atoms with Gasteiger partial charge in [0.1, 0.15) is 0 Å². The van der Waals surface area contributed by atoms with Crippen LogP contribution >= 0.6 is 24.0 Å². The quantitative estimate of drug-likeness (QED) is 0.244. The minimum atomic E-state index is 0. The molecule has 3 rings (SSSR count). The number of methoxy groups -OCH3 is 3. The van der Waals surface area contributed by atoms with E-state index in [1.807, 2.05) is 35.9 Å². The van der Waals surface area contributed by atoms with Crippen molar-refractivity contribution in [3.8, 4) is 22.9 Å². The van der Waals surface area contributed by atoms with Crippen molar-refractivity contribution in [2.45, 2.75) is 26.9 Å². The molecule has 0 aliphatic heterocycles. The molecule has 0 radical (unpaired) electrons. The van der Waals surface area contributed by atoms with Crippen LogP contribution < -0.4 is 24.8 Å². The number of hydrogen-bond donors (Lipinski definition) is 2. The van der Waals surface area contributed by atoms with Crippen molar-refractivity contribution in [2.24, 2.45) is 4.99 Å². The Balaban J connectivity index is 0.00000385. The van der Waals surface area contributed by atoms with Crippen LogP contribution in [0.2, 0.25) is 0 Å². The first kappa shape index (κ1) is 26.3. The highest BCUT2D eigenvalue weighted by atomic mass is 127. The van der Waals surface area contributed by atoms with E-state index in [2.05, 4.69) is 45.8 Å². The molecule has 0 aliphatic rings. The monoisotopic (exact) mass is 565 g/mol. The highest BCUT2D eigenvalue weighted by Gasteiger charge is 2.16. The van der Waals surface area contributed by atoms with Gasteiger partial charge >= 0.3 is 0 Å². The summed E-state index contributed by atoms with van der Waals surface area (Å²) in [6, 6.07) is 14.1. The minimum absolute atomic E-state index is 0. The maximum atomic E-state index is 5.57. The zero-order chi connectivity index (χ0) is 23.1. The van der Waals surface area contributed by atoms with Gasteiger partial charge in [-0.25, -0.2) is 4.68 Å². The van der Waals surface area contributed by atoms with Crippen LogP contribution in [0.25, 0.3) is 5.69 Å². The van der Waals surface area contributed by atoms with Gasteiger partial charge in [-0.15, -0.1) is 24.0 Å². The third-order valence-electron chi connectivity index (χ3n) is 5.13. The number of aromatic nitrogens is 2. The van der Waals surface area contributed by atoms with Gasteiger partial charge in [-0.1, -0.05) is 18.2 Å². The van der Waals surface area contributed by atoms with Crippen molar-refractivity contribution < 1.29 is 14.2 Å². The lowest BCUT2D eigenvalue weighted by molar-refractivity contribution is 0.322. The first-order valence-electron chi connectivity index (χ1n) is 10.4. The Hall–Kier alpha value is -2.95. The van der Waals surface area contributed by atoms with Crippen LogP contribution in [0.4, 0.5) is 0 Å². The molecule has 9 heteroatoms. The third-order valence-corrected chi connectivity index (χ3v) is 5.13. The zero-order valence-corrected chi connectivity index (χ0v) is 22.3. The lowest BCUT2D eigenvalue weighted by Crippen LogP contribution is -2.36. The van der Waals surface area contributed by atoms with Crippen molar-refractivity contribution in [1.29, 1.82) is 0 Å². The van der Waals surface area contributed by atoms with Crippen LogP contribution in [0.1, 0.15) is 22.5 Å². The Morgan fingerprint density at radius 1 is 0.909 bits per heavy atom. The fourth-order valence-electron chi connectivity index (χ4n) is 3.62. The Bertz CT molecular complexity index is 1100. The predicted molar refractivity (Wildman–Crippen MR) is 142 cm³/mol. The van der Waals surface area contributed by atoms with E-state index < -0.39 is 0 Å². The Morgan fingerprint density at radius 2 is 1.58 bits per heavy atom. The predicted octanol–water partition coefficient (Wildman–Crippen LogP) is 4.00.